The number of aliphatic hydroxyl groups excluding tert-OH is 1. The quantitative estimate of drug-likeness (QED) is 0.639. The summed E-state index contributed by atoms with van der Waals surface area (Å²) < 4.78 is 5.07. The monoisotopic (exact) mass is 262 g/mol. The molecule has 0 spiro atoms. The van der Waals surface area contributed by atoms with Crippen LogP contribution >= 0.6 is 0 Å². The smallest absolute Gasteiger partial charge is 0.407 e. The summed E-state index contributed by atoms with van der Waals surface area (Å²) in [6.07, 6.45) is 2.11. The van der Waals surface area contributed by atoms with Gasteiger partial charge in [0.2, 0.25) is 0 Å². The van der Waals surface area contributed by atoms with Crippen molar-refractivity contribution in [1.82, 2.24) is 5.32 Å². The zero-order chi connectivity index (χ0) is 14.6. The fourth-order valence-corrected chi connectivity index (χ4v) is 1.13. The van der Waals surface area contributed by atoms with E-state index in [2.05, 4.69) is 5.32 Å². The van der Waals surface area contributed by atoms with Gasteiger partial charge in [0.05, 0.1) is 6.61 Å². The number of carbonyl (C=O) groups excluding carboxylic acids is 1. The largest absolute Gasteiger partial charge is 0.444 e. The lowest BCUT2D eigenvalue weighted by atomic mass is 10.1. The molecule has 0 fully saturated rings. The standard InChI is InChI=1S/C11H24N2O3.C2H6/c1-11(2,3)16-10(15)13-7-5-4-6-9(12)8-14;1-2/h9,14H,4-8,12H2,1-3H3,(H,13,15);1-2H3. The summed E-state index contributed by atoms with van der Waals surface area (Å²) in [6.45, 7) is 10.1. The van der Waals surface area contributed by atoms with Crippen molar-refractivity contribution in [2.24, 2.45) is 5.73 Å². The van der Waals surface area contributed by atoms with Crippen molar-refractivity contribution in [2.75, 3.05) is 13.2 Å². The molecule has 0 rings (SSSR count). The molecule has 110 valence electrons. The summed E-state index contributed by atoms with van der Waals surface area (Å²) in [5.41, 5.74) is 5.08. The van der Waals surface area contributed by atoms with E-state index in [9.17, 15) is 4.79 Å². The van der Waals surface area contributed by atoms with Crippen molar-refractivity contribution < 1.29 is 14.6 Å². The second-order valence-corrected chi connectivity index (χ2v) is 4.87. The molecule has 1 unspecified atom stereocenters. The highest BCUT2D eigenvalue weighted by atomic mass is 16.6. The van der Waals surface area contributed by atoms with Crippen LogP contribution in [0.5, 0.6) is 0 Å². The number of rotatable bonds is 6. The van der Waals surface area contributed by atoms with E-state index in [4.69, 9.17) is 15.6 Å². The lowest BCUT2D eigenvalue weighted by molar-refractivity contribution is 0.0527. The molecular weight excluding hydrogens is 232 g/mol. The van der Waals surface area contributed by atoms with Crippen LogP contribution in [-0.4, -0.2) is 36.0 Å². The molecule has 4 N–H and O–H groups in total. The van der Waals surface area contributed by atoms with E-state index < -0.39 is 5.60 Å². The fraction of sp³-hybridized carbons (Fsp3) is 0.923. The van der Waals surface area contributed by atoms with Gasteiger partial charge in [-0.25, -0.2) is 4.79 Å². The van der Waals surface area contributed by atoms with Gasteiger partial charge in [-0.2, -0.15) is 0 Å². The Morgan fingerprint density at radius 3 is 2.33 bits per heavy atom. The topological polar surface area (TPSA) is 84.6 Å². The van der Waals surface area contributed by atoms with Crippen LogP contribution in [-0.2, 0) is 4.74 Å². The number of ether oxygens (including phenoxy) is 1. The summed E-state index contributed by atoms with van der Waals surface area (Å²) in [4.78, 5) is 11.2. The first kappa shape index (κ1) is 19.5. The van der Waals surface area contributed by atoms with Gasteiger partial charge >= 0.3 is 6.09 Å². The molecule has 0 aromatic rings. The van der Waals surface area contributed by atoms with Crippen molar-refractivity contribution >= 4 is 6.09 Å². The number of aliphatic hydroxyl groups is 1. The van der Waals surface area contributed by atoms with Crippen LogP contribution in [0.15, 0.2) is 0 Å². The van der Waals surface area contributed by atoms with E-state index in [-0.39, 0.29) is 18.7 Å². The Hall–Kier alpha value is -0.810. The fourth-order valence-electron chi connectivity index (χ4n) is 1.13. The van der Waals surface area contributed by atoms with E-state index >= 15 is 0 Å². The van der Waals surface area contributed by atoms with Gasteiger partial charge in [0, 0.05) is 12.6 Å². The molecule has 0 aliphatic heterocycles. The number of unbranched alkanes of at least 4 members (excludes halogenated alkanes) is 1. The van der Waals surface area contributed by atoms with Crippen LogP contribution in [0.2, 0.25) is 0 Å². The molecule has 1 atom stereocenters. The second-order valence-electron chi connectivity index (χ2n) is 4.87. The van der Waals surface area contributed by atoms with Crippen molar-refractivity contribution in [1.29, 1.82) is 0 Å². The SMILES string of the molecule is CC.CC(C)(C)OC(=O)NCCCCC(N)CO. The Bertz CT molecular complexity index is 203. The van der Waals surface area contributed by atoms with E-state index in [1.807, 2.05) is 34.6 Å². The molecular formula is C13H30N2O3. The van der Waals surface area contributed by atoms with Crippen molar-refractivity contribution in [3.05, 3.63) is 0 Å². The molecule has 0 saturated carbocycles. The van der Waals surface area contributed by atoms with E-state index in [0.717, 1.165) is 19.3 Å². The van der Waals surface area contributed by atoms with Crippen LogP contribution in [0.3, 0.4) is 0 Å². The van der Waals surface area contributed by atoms with E-state index in [0.29, 0.717) is 6.54 Å². The third-order valence-electron chi connectivity index (χ3n) is 1.90. The Morgan fingerprint density at radius 2 is 1.89 bits per heavy atom. The minimum absolute atomic E-state index is 0.0134. The normalized spacial score (nSPS) is 12.2. The minimum Gasteiger partial charge on any atom is -0.444 e. The average molecular weight is 262 g/mol. The predicted molar refractivity (Wildman–Crippen MR) is 74.5 cm³/mol. The van der Waals surface area contributed by atoms with Crippen LogP contribution < -0.4 is 11.1 Å². The summed E-state index contributed by atoms with van der Waals surface area (Å²) in [7, 11) is 0. The molecule has 0 radical (unpaired) electrons. The zero-order valence-corrected chi connectivity index (χ0v) is 12.5. The Morgan fingerprint density at radius 1 is 1.33 bits per heavy atom. The van der Waals surface area contributed by atoms with Gasteiger partial charge in [-0.15, -0.1) is 0 Å². The van der Waals surface area contributed by atoms with E-state index in [1.165, 1.54) is 0 Å². The second kappa shape index (κ2) is 11.3. The highest BCUT2D eigenvalue weighted by Gasteiger charge is 2.15. The summed E-state index contributed by atoms with van der Waals surface area (Å²) in [5, 5.41) is 11.4. The molecule has 0 bridgehead atoms. The molecule has 0 aliphatic carbocycles. The number of alkyl carbamates (subject to hydrolysis) is 1. The number of nitrogens with two attached hydrogens (primary N) is 1. The van der Waals surface area contributed by atoms with Crippen molar-refractivity contribution in [2.45, 2.75) is 65.5 Å². The minimum atomic E-state index is -0.455. The maximum absolute atomic E-state index is 11.2. The lowest BCUT2D eigenvalue weighted by Crippen LogP contribution is -2.33. The number of amides is 1. The molecule has 0 saturated heterocycles. The molecule has 0 aromatic carbocycles. The summed E-state index contributed by atoms with van der Waals surface area (Å²) in [5.74, 6) is 0. The van der Waals surface area contributed by atoms with Gasteiger partial charge in [-0.3, -0.25) is 0 Å². The van der Waals surface area contributed by atoms with Gasteiger partial charge in [0.1, 0.15) is 5.60 Å². The summed E-state index contributed by atoms with van der Waals surface area (Å²) in [6, 6.07) is -0.151. The van der Waals surface area contributed by atoms with Crippen LogP contribution in [0, 0.1) is 0 Å². The average Bonchev–Trinajstić information content (AvgIpc) is 2.28. The van der Waals surface area contributed by atoms with Gasteiger partial charge in [-0.1, -0.05) is 20.3 Å². The highest BCUT2D eigenvalue weighted by Crippen LogP contribution is 2.06. The van der Waals surface area contributed by atoms with Gasteiger partial charge in [0.25, 0.3) is 0 Å². The molecule has 0 heterocycles. The van der Waals surface area contributed by atoms with Crippen LogP contribution in [0.1, 0.15) is 53.9 Å². The predicted octanol–water partition coefficient (Wildman–Crippen LogP) is 2.03. The Balaban J connectivity index is 0. The Labute approximate surface area is 111 Å². The lowest BCUT2D eigenvalue weighted by Gasteiger charge is -2.19. The van der Waals surface area contributed by atoms with Crippen molar-refractivity contribution in [3.63, 3.8) is 0 Å². The van der Waals surface area contributed by atoms with E-state index in [1.54, 1.807) is 0 Å². The third kappa shape index (κ3) is 15.2. The number of hydrogen-bond donors (Lipinski definition) is 3. The Kier molecular flexibility index (Phi) is 12.2. The molecule has 5 nitrogen and oxygen atoms in total. The van der Waals surface area contributed by atoms with Gasteiger partial charge in [-0.05, 0) is 33.6 Å². The highest BCUT2D eigenvalue weighted by molar-refractivity contribution is 5.67. The molecule has 0 aromatic heterocycles. The summed E-state index contributed by atoms with van der Waals surface area (Å²) >= 11 is 0. The number of hydrogen-bond acceptors (Lipinski definition) is 4. The number of nitrogens with one attached hydrogen (secondary N) is 1. The maximum Gasteiger partial charge on any atom is 0.407 e. The first-order chi connectivity index (χ1) is 8.35. The first-order valence-corrected chi connectivity index (χ1v) is 6.68. The van der Waals surface area contributed by atoms with Crippen molar-refractivity contribution in [3.8, 4) is 0 Å². The number of carbonyl (C=O) groups is 1. The van der Waals surface area contributed by atoms with Gasteiger partial charge in [0.15, 0.2) is 0 Å². The molecule has 18 heavy (non-hydrogen) atoms. The third-order valence-corrected chi connectivity index (χ3v) is 1.90. The maximum atomic E-state index is 11.2. The van der Waals surface area contributed by atoms with Crippen LogP contribution in [0.25, 0.3) is 0 Å². The van der Waals surface area contributed by atoms with Gasteiger partial charge < -0.3 is 20.9 Å². The first-order valence-electron chi connectivity index (χ1n) is 6.68. The molecule has 5 heteroatoms. The molecule has 0 aliphatic rings. The van der Waals surface area contributed by atoms with Crippen LogP contribution in [0.4, 0.5) is 4.79 Å². The molecule has 1 amide bonds. The zero-order valence-electron chi connectivity index (χ0n) is 12.5.